The molecule has 1 N–H and O–H groups in total. The maximum atomic E-state index is 13.5. The van der Waals surface area contributed by atoms with Gasteiger partial charge in [0.2, 0.25) is 0 Å². The van der Waals surface area contributed by atoms with Gasteiger partial charge in [0, 0.05) is 11.3 Å². The number of amides is 1. The number of hydrogen-bond acceptors (Lipinski definition) is 1. The highest BCUT2D eigenvalue weighted by atomic mass is 19.4. The summed E-state index contributed by atoms with van der Waals surface area (Å²) in [5.41, 5.74) is -0.813. The second-order valence-electron chi connectivity index (χ2n) is 5.67. The zero-order valence-corrected chi connectivity index (χ0v) is 13.6. The van der Waals surface area contributed by atoms with E-state index in [4.69, 9.17) is 0 Å². The monoisotopic (exact) mass is 377 g/mol. The Morgan fingerprint density at radius 3 is 2.19 bits per heavy atom. The largest absolute Gasteiger partial charge is 0.417 e. The van der Waals surface area contributed by atoms with Crippen LogP contribution in [0.3, 0.4) is 0 Å². The summed E-state index contributed by atoms with van der Waals surface area (Å²) >= 11 is 0. The van der Waals surface area contributed by atoms with Gasteiger partial charge in [0.25, 0.3) is 5.91 Å². The molecule has 0 unspecified atom stereocenters. The molecule has 7 heteroatoms. The molecule has 0 spiro atoms. The number of nitrogens with one attached hydrogen (secondary N) is 1. The average molecular weight is 377 g/mol. The van der Waals surface area contributed by atoms with Gasteiger partial charge in [-0.3, -0.25) is 4.79 Å². The van der Waals surface area contributed by atoms with Gasteiger partial charge in [-0.1, -0.05) is 36.4 Å². The predicted octanol–water partition coefficient (Wildman–Crippen LogP) is 5.90. The minimum Gasteiger partial charge on any atom is -0.321 e. The number of benzene rings is 3. The standard InChI is InChI=1S/C20H12F5NO/c21-16-10-9-12(11-17(16)22)13-5-2-4-8-18(13)26-19(27)14-6-1-3-7-15(14)20(23,24)25/h1-11H,(H,26,27). The van der Waals surface area contributed by atoms with E-state index in [1.807, 2.05) is 0 Å². The molecule has 27 heavy (non-hydrogen) atoms. The van der Waals surface area contributed by atoms with Crippen LogP contribution in [0.1, 0.15) is 15.9 Å². The molecule has 0 saturated carbocycles. The lowest BCUT2D eigenvalue weighted by molar-refractivity contribution is -0.137. The number of halogens is 5. The lowest BCUT2D eigenvalue weighted by Crippen LogP contribution is -2.19. The average Bonchev–Trinajstić information content (AvgIpc) is 2.64. The molecule has 0 aliphatic rings. The maximum Gasteiger partial charge on any atom is 0.417 e. The van der Waals surface area contributed by atoms with E-state index in [1.54, 1.807) is 12.1 Å². The summed E-state index contributed by atoms with van der Waals surface area (Å²) in [6.45, 7) is 0. The van der Waals surface area contributed by atoms with Gasteiger partial charge >= 0.3 is 6.18 Å². The number of rotatable bonds is 3. The first-order valence-electron chi connectivity index (χ1n) is 7.79. The highest BCUT2D eigenvalue weighted by Gasteiger charge is 2.34. The summed E-state index contributed by atoms with van der Waals surface area (Å²) in [4.78, 5) is 12.4. The van der Waals surface area contributed by atoms with Crippen LogP contribution in [0.15, 0.2) is 66.7 Å². The van der Waals surface area contributed by atoms with Crippen LogP contribution in [0.5, 0.6) is 0 Å². The number of carbonyl (C=O) groups excluding carboxylic acids is 1. The number of hydrogen-bond donors (Lipinski definition) is 1. The SMILES string of the molecule is O=C(Nc1ccccc1-c1ccc(F)c(F)c1)c1ccccc1C(F)(F)F. The van der Waals surface area contributed by atoms with E-state index in [0.29, 0.717) is 5.56 Å². The van der Waals surface area contributed by atoms with Crippen molar-refractivity contribution >= 4 is 11.6 Å². The Morgan fingerprint density at radius 1 is 0.815 bits per heavy atom. The fourth-order valence-corrected chi connectivity index (χ4v) is 2.63. The van der Waals surface area contributed by atoms with E-state index >= 15 is 0 Å². The molecule has 0 saturated heterocycles. The summed E-state index contributed by atoms with van der Waals surface area (Å²) in [5, 5.41) is 2.42. The van der Waals surface area contributed by atoms with E-state index in [9.17, 15) is 26.7 Å². The Hall–Kier alpha value is -3.22. The highest BCUT2D eigenvalue weighted by molar-refractivity contribution is 6.07. The van der Waals surface area contributed by atoms with Crippen LogP contribution in [-0.2, 0) is 6.18 Å². The molecule has 0 aromatic heterocycles. The van der Waals surface area contributed by atoms with Crippen molar-refractivity contribution in [2.24, 2.45) is 0 Å². The molecule has 0 atom stereocenters. The molecular formula is C20H12F5NO. The third-order valence-corrected chi connectivity index (χ3v) is 3.88. The Balaban J connectivity index is 1.98. The molecular weight excluding hydrogens is 365 g/mol. The van der Waals surface area contributed by atoms with E-state index in [-0.39, 0.29) is 11.3 Å². The second kappa shape index (κ2) is 7.19. The van der Waals surface area contributed by atoms with Crippen LogP contribution >= 0.6 is 0 Å². The van der Waals surface area contributed by atoms with Crippen LogP contribution < -0.4 is 5.32 Å². The highest BCUT2D eigenvalue weighted by Crippen LogP contribution is 2.33. The number of alkyl halides is 3. The van der Waals surface area contributed by atoms with Gasteiger partial charge in [0.15, 0.2) is 11.6 Å². The minimum atomic E-state index is -4.69. The van der Waals surface area contributed by atoms with Gasteiger partial charge in [0.05, 0.1) is 11.1 Å². The fraction of sp³-hybridized carbons (Fsp3) is 0.0500. The summed E-state index contributed by atoms with van der Waals surface area (Å²) in [6, 6.07) is 13.8. The van der Waals surface area contributed by atoms with Crippen LogP contribution in [0, 0.1) is 11.6 Å². The number of anilines is 1. The van der Waals surface area contributed by atoms with Crippen molar-refractivity contribution in [3.05, 3.63) is 89.5 Å². The van der Waals surface area contributed by atoms with Crippen molar-refractivity contribution in [3.63, 3.8) is 0 Å². The second-order valence-corrected chi connectivity index (χ2v) is 5.67. The molecule has 138 valence electrons. The van der Waals surface area contributed by atoms with E-state index in [2.05, 4.69) is 5.32 Å². The van der Waals surface area contributed by atoms with Gasteiger partial charge in [-0.15, -0.1) is 0 Å². The molecule has 0 aliphatic heterocycles. The summed E-state index contributed by atoms with van der Waals surface area (Å²) in [5.74, 6) is -3.06. The molecule has 3 rings (SSSR count). The third-order valence-electron chi connectivity index (χ3n) is 3.88. The first kappa shape index (κ1) is 18.6. The van der Waals surface area contributed by atoms with Gasteiger partial charge < -0.3 is 5.32 Å². The molecule has 0 radical (unpaired) electrons. The van der Waals surface area contributed by atoms with Crippen LogP contribution in [0.25, 0.3) is 11.1 Å². The first-order chi connectivity index (χ1) is 12.8. The maximum absolute atomic E-state index is 13.5. The molecule has 1 amide bonds. The van der Waals surface area contributed by atoms with E-state index in [1.165, 1.54) is 30.3 Å². The Morgan fingerprint density at radius 2 is 1.48 bits per heavy atom. The molecule has 0 fully saturated rings. The molecule has 0 bridgehead atoms. The van der Waals surface area contributed by atoms with E-state index in [0.717, 1.165) is 24.3 Å². The van der Waals surface area contributed by atoms with Crippen molar-refractivity contribution in [1.29, 1.82) is 0 Å². The molecule has 0 aliphatic carbocycles. The van der Waals surface area contributed by atoms with Crippen LogP contribution in [0.2, 0.25) is 0 Å². The van der Waals surface area contributed by atoms with Crippen molar-refractivity contribution < 1.29 is 26.7 Å². The Bertz CT molecular complexity index is 998. The predicted molar refractivity (Wildman–Crippen MR) is 91.2 cm³/mol. The quantitative estimate of drug-likeness (QED) is 0.566. The van der Waals surface area contributed by atoms with Crippen molar-refractivity contribution in [2.45, 2.75) is 6.18 Å². The molecule has 3 aromatic carbocycles. The Kier molecular flexibility index (Phi) is 4.94. The van der Waals surface area contributed by atoms with E-state index < -0.39 is 34.8 Å². The Labute approximate surface area is 151 Å². The normalized spacial score (nSPS) is 11.3. The zero-order valence-electron chi connectivity index (χ0n) is 13.6. The lowest BCUT2D eigenvalue weighted by Gasteiger charge is -2.15. The summed E-state index contributed by atoms with van der Waals surface area (Å²) in [7, 11) is 0. The smallest absolute Gasteiger partial charge is 0.321 e. The fourth-order valence-electron chi connectivity index (χ4n) is 2.63. The van der Waals surface area contributed by atoms with Crippen molar-refractivity contribution in [3.8, 4) is 11.1 Å². The molecule has 3 aromatic rings. The van der Waals surface area contributed by atoms with Crippen molar-refractivity contribution in [2.75, 3.05) is 5.32 Å². The van der Waals surface area contributed by atoms with Gasteiger partial charge in [-0.05, 0) is 35.9 Å². The minimum absolute atomic E-state index is 0.172. The van der Waals surface area contributed by atoms with Gasteiger partial charge in [-0.2, -0.15) is 13.2 Å². The lowest BCUT2D eigenvalue weighted by atomic mass is 10.0. The number of para-hydroxylation sites is 1. The number of carbonyl (C=O) groups is 1. The first-order valence-corrected chi connectivity index (χ1v) is 7.79. The van der Waals surface area contributed by atoms with Crippen LogP contribution in [-0.4, -0.2) is 5.91 Å². The third kappa shape index (κ3) is 3.97. The van der Waals surface area contributed by atoms with Gasteiger partial charge in [-0.25, -0.2) is 8.78 Å². The summed E-state index contributed by atoms with van der Waals surface area (Å²) in [6.07, 6.45) is -4.69. The van der Waals surface area contributed by atoms with Crippen molar-refractivity contribution in [1.82, 2.24) is 0 Å². The molecule has 0 heterocycles. The van der Waals surface area contributed by atoms with Gasteiger partial charge in [0.1, 0.15) is 0 Å². The summed E-state index contributed by atoms with van der Waals surface area (Å²) < 4.78 is 66.0. The molecule has 2 nitrogen and oxygen atoms in total. The zero-order chi connectivity index (χ0) is 19.6. The topological polar surface area (TPSA) is 29.1 Å². The van der Waals surface area contributed by atoms with Crippen LogP contribution in [0.4, 0.5) is 27.6 Å².